The van der Waals surface area contributed by atoms with Crippen LogP contribution < -0.4 is 0 Å². The Kier molecular flexibility index (Phi) is 1.93. The Morgan fingerprint density at radius 2 is 2.08 bits per heavy atom. The molecule has 0 bridgehead atoms. The number of carbonyl (C=O) groups is 1. The second-order valence-electron chi connectivity index (χ2n) is 3.16. The van der Waals surface area contributed by atoms with Gasteiger partial charge >= 0.3 is 0 Å². The molecule has 1 heterocycles. The minimum absolute atomic E-state index is 0.758. The molecule has 0 unspecified atom stereocenters. The van der Waals surface area contributed by atoms with Crippen LogP contribution in [0.3, 0.4) is 0 Å². The van der Waals surface area contributed by atoms with Crippen LogP contribution in [0.25, 0.3) is 10.1 Å². The van der Waals surface area contributed by atoms with Crippen LogP contribution in [0.15, 0.2) is 18.2 Å². The molecule has 1 nitrogen and oxygen atoms in total. The predicted octanol–water partition coefficient (Wildman–Crippen LogP) is 3.33. The molecule has 2 aromatic rings. The summed E-state index contributed by atoms with van der Waals surface area (Å²) in [4.78, 5) is 11.9. The molecule has 0 radical (unpaired) electrons. The molecule has 0 fully saturated rings. The molecular weight excluding hydrogens is 180 g/mol. The Bertz CT molecular complexity index is 468. The van der Waals surface area contributed by atoms with Gasteiger partial charge in [-0.2, -0.15) is 0 Å². The Morgan fingerprint density at radius 1 is 1.31 bits per heavy atom. The molecule has 2 rings (SSSR count). The molecule has 1 aromatic carbocycles. The lowest BCUT2D eigenvalue weighted by molar-refractivity contribution is 0.112. The number of fused-ring (bicyclic) bond motifs is 1. The van der Waals surface area contributed by atoms with Gasteiger partial charge in [0.1, 0.15) is 6.29 Å². The van der Waals surface area contributed by atoms with E-state index in [9.17, 15) is 4.79 Å². The summed E-state index contributed by atoms with van der Waals surface area (Å²) >= 11 is 1.78. The maximum atomic E-state index is 10.6. The maximum Gasteiger partial charge on any atom is 0.150 e. The van der Waals surface area contributed by atoms with E-state index in [4.69, 9.17) is 0 Å². The molecule has 0 saturated heterocycles. The van der Waals surface area contributed by atoms with E-state index < -0.39 is 0 Å². The first-order valence-corrected chi connectivity index (χ1v) is 4.99. The van der Waals surface area contributed by atoms with Crippen molar-refractivity contribution >= 4 is 27.7 Å². The number of benzene rings is 1. The van der Waals surface area contributed by atoms with E-state index >= 15 is 0 Å². The van der Waals surface area contributed by atoms with E-state index in [1.165, 1.54) is 20.5 Å². The fraction of sp³-hybridized carbons (Fsp3) is 0.182. The molecule has 0 atom stereocenters. The first-order valence-electron chi connectivity index (χ1n) is 4.17. The van der Waals surface area contributed by atoms with E-state index in [-0.39, 0.29) is 0 Å². The molecule has 0 aliphatic heterocycles. The van der Waals surface area contributed by atoms with Gasteiger partial charge in [-0.3, -0.25) is 4.79 Å². The summed E-state index contributed by atoms with van der Waals surface area (Å²) in [5, 5.41) is 1.21. The summed E-state index contributed by atoms with van der Waals surface area (Å²) < 4.78 is 1.26. The largest absolute Gasteiger partial charge is 0.298 e. The van der Waals surface area contributed by atoms with Crippen molar-refractivity contribution in [2.75, 3.05) is 0 Å². The molecule has 0 saturated carbocycles. The number of carbonyl (C=O) groups excluding carboxylic acids is 1. The van der Waals surface area contributed by atoms with Crippen molar-refractivity contribution in [3.05, 3.63) is 34.2 Å². The van der Waals surface area contributed by atoms with E-state index in [0.717, 1.165) is 11.8 Å². The fourth-order valence-corrected chi connectivity index (χ4v) is 2.49. The monoisotopic (exact) mass is 190 g/mol. The zero-order valence-corrected chi connectivity index (χ0v) is 8.44. The highest BCUT2D eigenvalue weighted by Gasteiger charge is 2.04. The van der Waals surface area contributed by atoms with E-state index in [1.54, 1.807) is 11.3 Å². The minimum Gasteiger partial charge on any atom is -0.298 e. The molecular formula is C11H10OS. The molecule has 0 amide bonds. The Balaban J connectivity index is 2.81. The van der Waals surface area contributed by atoms with Crippen LogP contribution in [0.5, 0.6) is 0 Å². The van der Waals surface area contributed by atoms with Crippen molar-refractivity contribution in [2.45, 2.75) is 13.8 Å². The molecule has 66 valence electrons. The second kappa shape index (κ2) is 2.96. The lowest BCUT2D eigenvalue weighted by atomic mass is 10.1. The number of thiophene rings is 1. The van der Waals surface area contributed by atoms with Crippen molar-refractivity contribution in [1.82, 2.24) is 0 Å². The molecule has 0 spiro atoms. The van der Waals surface area contributed by atoms with Gasteiger partial charge in [-0.1, -0.05) is 6.07 Å². The third-order valence-corrected chi connectivity index (χ3v) is 3.52. The lowest BCUT2D eigenvalue weighted by Gasteiger charge is -1.92. The average molecular weight is 190 g/mol. The molecule has 0 aliphatic carbocycles. The van der Waals surface area contributed by atoms with Crippen LogP contribution in [0.4, 0.5) is 0 Å². The minimum atomic E-state index is 0.758. The number of aryl methyl sites for hydroxylation is 2. The zero-order chi connectivity index (χ0) is 9.42. The molecule has 13 heavy (non-hydrogen) atoms. The summed E-state index contributed by atoms with van der Waals surface area (Å²) in [6, 6.07) is 5.84. The summed E-state index contributed by atoms with van der Waals surface area (Å²) in [6.45, 7) is 4.21. The number of aldehydes is 1. The first kappa shape index (κ1) is 8.45. The van der Waals surface area contributed by atoms with Gasteiger partial charge in [0.2, 0.25) is 0 Å². The van der Waals surface area contributed by atoms with Gasteiger partial charge in [0.15, 0.2) is 0 Å². The van der Waals surface area contributed by atoms with Crippen LogP contribution in [0, 0.1) is 13.8 Å². The SMILES string of the molecule is Cc1sc2ccc(C=O)cc2c1C. The van der Waals surface area contributed by atoms with Gasteiger partial charge in [0, 0.05) is 15.1 Å². The summed E-state index contributed by atoms with van der Waals surface area (Å²) in [7, 11) is 0. The van der Waals surface area contributed by atoms with Crippen LogP contribution >= 0.6 is 11.3 Å². The van der Waals surface area contributed by atoms with Crippen LogP contribution in [-0.4, -0.2) is 6.29 Å². The average Bonchev–Trinajstić information content (AvgIpc) is 2.43. The Labute approximate surface area is 81.0 Å². The van der Waals surface area contributed by atoms with E-state index in [1.807, 2.05) is 18.2 Å². The summed E-state index contributed by atoms with van der Waals surface area (Å²) in [5.41, 5.74) is 2.05. The Hall–Kier alpha value is -1.15. The number of hydrogen-bond donors (Lipinski definition) is 0. The van der Waals surface area contributed by atoms with E-state index in [2.05, 4.69) is 13.8 Å². The fourth-order valence-electron chi connectivity index (χ4n) is 1.43. The molecule has 1 aromatic heterocycles. The van der Waals surface area contributed by atoms with Crippen molar-refractivity contribution < 1.29 is 4.79 Å². The van der Waals surface area contributed by atoms with Crippen LogP contribution in [-0.2, 0) is 0 Å². The number of rotatable bonds is 1. The highest BCUT2D eigenvalue weighted by Crippen LogP contribution is 2.30. The normalized spacial score (nSPS) is 10.6. The van der Waals surface area contributed by atoms with Gasteiger partial charge in [-0.25, -0.2) is 0 Å². The predicted molar refractivity (Wildman–Crippen MR) is 56.7 cm³/mol. The third kappa shape index (κ3) is 1.27. The standard InChI is InChI=1S/C11H10OS/c1-7-8(2)13-11-4-3-9(6-12)5-10(7)11/h3-6H,1-2H3. The third-order valence-electron chi connectivity index (χ3n) is 2.33. The van der Waals surface area contributed by atoms with Crippen molar-refractivity contribution in [3.63, 3.8) is 0 Å². The topological polar surface area (TPSA) is 17.1 Å². The van der Waals surface area contributed by atoms with Gasteiger partial charge in [-0.15, -0.1) is 11.3 Å². The lowest BCUT2D eigenvalue weighted by Crippen LogP contribution is -1.78. The van der Waals surface area contributed by atoms with Gasteiger partial charge < -0.3 is 0 Å². The summed E-state index contributed by atoms with van der Waals surface area (Å²) in [5.74, 6) is 0. The smallest absolute Gasteiger partial charge is 0.150 e. The van der Waals surface area contributed by atoms with Gasteiger partial charge in [0.05, 0.1) is 0 Å². The van der Waals surface area contributed by atoms with Crippen LogP contribution in [0.2, 0.25) is 0 Å². The second-order valence-corrected chi connectivity index (χ2v) is 4.41. The van der Waals surface area contributed by atoms with Crippen molar-refractivity contribution in [1.29, 1.82) is 0 Å². The molecule has 0 aliphatic rings. The van der Waals surface area contributed by atoms with Crippen LogP contribution in [0.1, 0.15) is 20.8 Å². The quantitative estimate of drug-likeness (QED) is 0.630. The van der Waals surface area contributed by atoms with Crippen molar-refractivity contribution in [2.24, 2.45) is 0 Å². The van der Waals surface area contributed by atoms with E-state index in [0.29, 0.717) is 0 Å². The highest BCUT2D eigenvalue weighted by atomic mass is 32.1. The Morgan fingerprint density at radius 3 is 2.77 bits per heavy atom. The highest BCUT2D eigenvalue weighted by molar-refractivity contribution is 7.19. The maximum absolute atomic E-state index is 10.6. The summed E-state index contributed by atoms with van der Waals surface area (Å²) in [6.07, 6.45) is 0.895. The zero-order valence-electron chi connectivity index (χ0n) is 7.63. The molecule has 0 N–H and O–H groups in total. The molecule has 2 heteroatoms. The van der Waals surface area contributed by atoms with Crippen molar-refractivity contribution in [3.8, 4) is 0 Å². The van der Waals surface area contributed by atoms with Gasteiger partial charge in [0.25, 0.3) is 0 Å². The number of hydrogen-bond acceptors (Lipinski definition) is 2. The first-order chi connectivity index (χ1) is 6.22. The van der Waals surface area contributed by atoms with Gasteiger partial charge in [-0.05, 0) is 36.9 Å².